The van der Waals surface area contributed by atoms with Crippen LogP contribution in [0.3, 0.4) is 0 Å². The van der Waals surface area contributed by atoms with E-state index in [9.17, 15) is 0 Å². The van der Waals surface area contributed by atoms with Gasteiger partial charge >= 0.3 is 0 Å². The molecule has 0 unspecified atom stereocenters. The van der Waals surface area contributed by atoms with Crippen LogP contribution in [0.15, 0.2) is 53.5 Å². The monoisotopic (exact) mass is 312 g/mol. The van der Waals surface area contributed by atoms with E-state index in [1.54, 1.807) is 7.11 Å². The number of benzene rings is 2. The molecule has 1 heterocycles. The Hall–Kier alpha value is -2.69. The zero-order chi connectivity index (χ0) is 15.9. The summed E-state index contributed by atoms with van der Waals surface area (Å²) in [4.78, 5) is 4.41. The minimum absolute atomic E-state index is 0.448. The molecule has 0 bridgehead atoms. The van der Waals surface area contributed by atoms with Gasteiger partial charge < -0.3 is 19.5 Å². The highest BCUT2D eigenvalue weighted by Gasteiger charge is 2.12. The normalized spacial score (nSPS) is 13.2. The Kier molecular flexibility index (Phi) is 4.99. The van der Waals surface area contributed by atoms with E-state index in [1.807, 2.05) is 48.5 Å². The molecule has 0 radical (unpaired) electrons. The van der Waals surface area contributed by atoms with Gasteiger partial charge in [0.1, 0.15) is 24.8 Å². The molecule has 0 amide bonds. The first-order valence-corrected chi connectivity index (χ1v) is 7.64. The summed E-state index contributed by atoms with van der Waals surface area (Å²) in [5.41, 5.74) is 1.01. The third kappa shape index (κ3) is 3.94. The summed E-state index contributed by atoms with van der Waals surface area (Å²) < 4.78 is 16.8. The second-order valence-electron chi connectivity index (χ2n) is 5.03. The molecule has 3 rings (SSSR count). The maximum atomic E-state index is 5.76. The molecule has 0 aromatic heterocycles. The van der Waals surface area contributed by atoms with Crippen LogP contribution in [-0.2, 0) is 0 Å². The van der Waals surface area contributed by atoms with E-state index in [2.05, 4.69) is 10.3 Å². The quantitative estimate of drug-likeness (QED) is 0.798. The van der Waals surface area contributed by atoms with Crippen LogP contribution >= 0.6 is 0 Å². The van der Waals surface area contributed by atoms with E-state index in [-0.39, 0.29) is 0 Å². The third-order valence-corrected chi connectivity index (χ3v) is 3.46. The van der Waals surface area contributed by atoms with E-state index >= 15 is 0 Å². The Balaban J connectivity index is 1.57. The Morgan fingerprint density at radius 3 is 2.57 bits per heavy atom. The molecule has 0 saturated heterocycles. The standard InChI is InChI=1S/C18H20N2O3/c1-21-17-13-14(18-19-9-10-20-18)7-8-16(17)23-12-11-22-15-5-3-2-4-6-15/h2-8,13H,9-12H2,1H3,(H,19,20). The summed E-state index contributed by atoms with van der Waals surface area (Å²) in [6.07, 6.45) is 0. The number of amidine groups is 1. The van der Waals surface area contributed by atoms with Gasteiger partial charge in [0.15, 0.2) is 11.5 Å². The Labute approximate surface area is 135 Å². The summed E-state index contributed by atoms with van der Waals surface area (Å²) >= 11 is 0. The molecule has 5 nitrogen and oxygen atoms in total. The zero-order valence-corrected chi connectivity index (χ0v) is 13.1. The van der Waals surface area contributed by atoms with Gasteiger partial charge in [0, 0.05) is 12.1 Å². The lowest BCUT2D eigenvalue weighted by Crippen LogP contribution is -2.19. The molecule has 2 aromatic rings. The summed E-state index contributed by atoms with van der Waals surface area (Å²) in [6.45, 7) is 2.62. The topological polar surface area (TPSA) is 52.1 Å². The maximum Gasteiger partial charge on any atom is 0.161 e. The van der Waals surface area contributed by atoms with E-state index < -0.39 is 0 Å². The Bertz CT molecular complexity index is 671. The van der Waals surface area contributed by atoms with Crippen LogP contribution in [0.25, 0.3) is 0 Å². The first-order chi connectivity index (χ1) is 11.4. The average Bonchev–Trinajstić information content (AvgIpc) is 3.14. The highest BCUT2D eigenvalue weighted by Crippen LogP contribution is 2.28. The Morgan fingerprint density at radius 1 is 1.00 bits per heavy atom. The highest BCUT2D eigenvalue weighted by molar-refractivity contribution is 6.00. The summed E-state index contributed by atoms with van der Waals surface area (Å²) in [6, 6.07) is 15.5. The van der Waals surface area contributed by atoms with Gasteiger partial charge in [-0.2, -0.15) is 0 Å². The van der Waals surface area contributed by atoms with Crippen LogP contribution < -0.4 is 19.5 Å². The smallest absolute Gasteiger partial charge is 0.161 e. The number of para-hydroxylation sites is 1. The summed E-state index contributed by atoms with van der Waals surface area (Å²) in [5, 5.41) is 3.25. The molecule has 2 aromatic carbocycles. The number of aliphatic imine (C=N–C) groups is 1. The highest BCUT2D eigenvalue weighted by atomic mass is 16.5. The molecule has 0 saturated carbocycles. The maximum absolute atomic E-state index is 5.76. The lowest BCUT2D eigenvalue weighted by atomic mass is 10.2. The molecule has 0 aliphatic carbocycles. The van der Waals surface area contributed by atoms with Gasteiger partial charge in [-0.3, -0.25) is 4.99 Å². The van der Waals surface area contributed by atoms with Gasteiger partial charge in [-0.15, -0.1) is 0 Å². The van der Waals surface area contributed by atoms with Gasteiger partial charge in [0.05, 0.1) is 13.7 Å². The van der Waals surface area contributed by atoms with Crippen molar-refractivity contribution < 1.29 is 14.2 Å². The van der Waals surface area contributed by atoms with Crippen molar-refractivity contribution in [3.8, 4) is 17.2 Å². The molecule has 5 heteroatoms. The molecule has 1 N–H and O–H groups in total. The molecule has 23 heavy (non-hydrogen) atoms. The third-order valence-electron chi connectivity index (χ3n) is 3.46. The van der Waals surface area contributed by atoms with E-state index in [4.69, 9.17) is 14.2 Å². The molecule has 1 aliphatic heterocycles. The fourth-order valence-electron chi connectivity index (χ4n) is 2.35. The molecule has 0 fully saturated rings. The number of nitrogens with zero attached hydrogens (tertiary/aromatic N) is 1. The Morgan fingerprint density at radius 2 is 1.83 bits per heavy atom. The van der Waals surface area contributed by atoms with E-state index in [0.29, 0.717) is 24.7 Å². The van der Waals surface area contributed by atoms with Crippen molar-refractivity contribution in [2.75, 3.05) is 33.4 Å². The van der Waals surface area contributed by atoms with Crippen LogP contribution in [0.5, 0.6) is 17.2 Å². The lowest BCUT2D eigenvalue weighted by Gasteiger charge is -2.13. The first kappa shape index (κ1) is 15.2. The van der Waals surface area contributed by atoms with Gasteiger partial charge in [-0.1, -0.05) is 18.2 Å². The number of nitrogens with one attached hydrogen (secondary N) is 1. The second-order valence-corrected chi connectivity index (χ2v) is 5.03. The van der Waals surface area contributed by atoms with E-state index in [1.165, 1.54) is 0 Å². The largest absolute Gasteiger partial charge is 0.493 e. The van der Waals surface area contributed by atoms with Crippen LogP contribution in [0.4, 0.5) is 0 Å². The second kappa shape index (κ2) is 7.54. The first-order valence-electron chi connectivity index (χ1n) is 7.64. The van der Waals surface area contributed by atoms with Crippen LogP contribution in [0.1, 0.15) is 5.56 Å². The fraction of sp³-hybridized carbons (Fsp3) is 0.278. The summed E-state index contributed by atoms with van der Waals surface area (Å²) in [7, 11) is 1.64. The number of ether oxygens (including phenoxy) is 3. The van der Waals surface area contributed by atoms with Gasteiger partial charge in [-0.25, -0.2) is 0 Å². The van der Waals surface area contributed by atoms with Crippen molar-refractivity contribution in [1.29, 1.82) is 0 Å². The number of rotatable bonds is 7. The zero-order valence-electron chi connectivity index (χ0n) is 13.1. The molecule has 0 atom stereocenters. The van der Waals surface area contributed by atoms with Crippen molar-refractivity contribution in [2.45, 2.75) is 0 Å². The predicted octanol–water partition coefficient (Wildman–Crippen LogP) is 2.50. The molecule has 120 valence electrons. The lowest BCUT2D eigenvalue weighted by molar-refractivity contribution is 0.211. The van der Waals surface area contributed by atoms with Crippen molar-refractivity contribution >= 4 is 5.84 Å². The fourth-order valence-corrected chi connectivity index (χ4v) is 2.35. The van der Waals surface area contributed by atoms with Crippen LogP contribution in [0, 0.1) is 0 Å². The number of hydrogen-bond donors (Lipinski definition) is 1. The number of methoxy groups -OCH3 is 1. The molecule has 0 spiro atoms. The minimum Gasteiger partial charge on any atom is -0.493 e. The number of hydrogen-bond acceptors (Lipinski definition) is 5. The summed E-state index contributed by atoms with van der Waals surface area (Å²) in [5.74, 6) is 3.14. The predicted molar refractivity (Wildman–Crippen MR) is 89.8 cm³/mol. The average molecular weight is 312 g/mol. The van der Waals surface area contributed by atoms with Gasteiger partial charge in [0.25, 0.3) is 0 Å². The van der Waals surface area contributed by atoms with Crippen molar-refractivity contribution in [1.82, 2.24) is 5.32 Å². The van der Waals surface area contributed by atoms with Gasteiger partial charge in [-0.05, 0) is 30.3 Å². The van der Waals surface area contributed by atoms with Crippen LogP contribution in [-0.4, -0.2) is 39.2 Å². The van der Waals surface area contributed by atoms with Gasteiger partial charge in [0.2, 0.25) is 0 Å². The van der Waals surface area contributed by atoms with Crippen molar-refractivity contribution in [3.63, 3.8) is 0 Å². The van der Waals surface area contributed by atoms with Crippen molar-refractivity contribution in [2.24, 2.45) is 4.99 Å². The molecule has 1 aliphatic rings. The van der Waals surface area contributed by atoms with E-state index in [0.717, 1.165) is 30.2 Å². The van der Waals surface area contributed by atoms with Crippen LogP contribution in [0.2, 0.25) is 0 Å². The molecular formula is C18H20N2O3. The molecular weight excluding hydrogens is 292 g/mol. The minimum atomic E-state index is 0.448. The van der Waals surface area contributed by atoms with Crippen molar-refractivity contribution in [3.05, 3.63) is 54.1 Å². The SMILES string of the molecule is COc1cc(C2=NCCN2)ccc1OCCOc1ccccc1.